The van der Waals surface area contributed by atoms with Crippen molar-refractivity contribution in [3.8, 4) is 0 Å². The third-order valence-corrected chi connectivity index (χ3v) is 3.11. The Kier molecular flexibility index (Phi) is 4.17. The molecule has 1 aromatic rings. The Morgan fingerprint density at radius 1 is 1.25 bits per heavy atom. The largest absolute Gasteiger partial charge is 0.299 e. The molecule has 0 aromatic heterocycles. The predicted octanol–water partition coefficient (Wildman–Crippen LogP) is 3.39. The molecular weight excluding hydrogens is 194 g/mol. The monoisotopic (exact) mass is 214 g/mol. The second kappa shape index (κ2) is 5.86. The van der Waals surface area contributed by atoms with Gasteiger partial charge in [-0.1, -0.05) is 49.8 Å². The van der Waals surface area contributed by atoms with Crippen molar-refractivity contribution in [3.63, 3.8) is 0 Å². The van der Waals surface area contributed by atoms with Crippen LogP contribution < -0.4 is 0 Å². The maximum atomic E-state index is 2.50. The lowest BCUT2D eigenvalue weighted by molar-refractivity contribution is 0.323. The predicted molar refractivity (Wildman–Crippen MR) is 70.1 cm³/mol. The summed E-state index contributed by atoms with van der Waals surface area (Å²) in [7, 11) is 0. The Labute approximate surface area is 98.8 Å². The summed E-state index contributed by atoms with van der Waals surface area (Å²) in [6.45, 7) is 5.63. The summed E-state index contributed by atoms with van der Waals surface area (Å²) in [6, 6.07) is 10.7. The van der Waals surface area contributed by atoms with Gasteiger partial charge >= 0.3 is 0 Å². The lowest BCUT2D eigenvalue weighted by Crippen LogP contribution is -2.29. The van der Waals surface area contributed by atoms with Crippen LogP contribution >= 0.6 is 0 Å². The van der Waals surface area contributed by atoms with E-state index in [4.69, 9.17) is 0 Å². The standard InChI is InChI=1S/C15H20N/c1-2-3-11-16-12-9-15(10-13-16)14-7-5-4-6-8-14/h3-9H,2,10-13H2,1H3. The van der Waals surface area contributed by atoms with Crippen molar-refractivity contribution in [2.45, 2.75) is 19.8 Å². The minimum absolute atomic E-state index is 1.10. The van der Waals surface area contributed by atoms with Crippen molar-refractivity contribution in [2.24, 2.45) is 0 Å². The molecule has 0 N–H and O–H groups in total. The van der Waals surface area contributed by atoms with E-state index in [2.05, 4.69) is 54.7 Å². The fraction of sp³-hybridized carbons (Fsp3) is 0.400. The summed E-state index contributed by atoms with van der Waals surface area (Å²) in [5.41, 5.74) is 2.90. The van der Waals surface area contributed by atoms with Crippen LogP contribution in [-0.2, 0) is 0 Å². The van der Waals surface area contributed by atoms with Crippen molar-refractivity contribution in [1.29, 1.82) is 0 Å². The van der Waals surface area contributed by atoms with Gasteiger partial charge in [0.1, 0.15) is 0 Å². The summed E-state index contributed by atoms with van der Waals surface area (Å²) < 4.78 is 0. The summed E-state index contributed by atoms with van der Waals surface area (Å²) in [4.78, 5) is 2.50. The molecule has 2 rings (SSSR count). The highest BCUT2D eigenvalue weighted by Crippen LogP contribution is 2.21. The highest BCUT2D eigenvalue weighted by Gasteiger charge is 2.11. The van der Waals surface area contributed by atoms with Gasteiger partial charge in [0.2, 0.25) is 0 Å². The number of nitrogens with zero attached hydrogens (tertiary/aromatic N) is 1. The van der Waals surface area contributed by atoms with E-state index in [0.717, 1.165) is 13.1 Å². The molecule has 1 radical (unpaired) electrons. The Balaban J connectivity index is 1.93. The Bertz CT molecular complexity index is 340. The molecule has 0 saturated carbocycles. The minimum atomic E-state index is 1.10. The normalized spacial score (nSPS) is 17.2. The number of hydrogen-bond acceptors (Lipinski definition) is 1. The maximum Gasteiger partial charge on any atom is 0.0169 e. The minimum Gasteiger partial charge on any atom is -0.299 e. The van der Waals surface area contributed by atoms with Crippen molar-refractivity contribution < 1.29 is 0 Å². The molecule has 1 aromatic carbocycles. The first-order chi connectivity index (χ1) is 7.90. The fourth-order valence-electron chi connectivity index (χ4n) is 2.10. The molecule has 0 amide bonds. The van der Waals surface area contributed by atoms with Crippen LogP contribution in [0.25, 0.3) is 5.57 Å². The van der Waals surface area contributed by atoms with Gasteiger partial charge in [-0.3, -0.25) is 4.90 Å². The van der Waals surface area contributed by atoms with E-state index in [-0.39, 0.29) is 0 Å². The lowest BCUT2D eigenvalue weighted by atomic mass is 9.99. The van der Waals surface area contributed by atoms with Crippen LogP contribution in [-0.4, -0.2) is 24.5 Å². The summed E-state index contributed by atoms with van der Waals surface area (Å²) in [6.07, 6.45) is 7.08. The van der Waals surface area contributed by atoms with Gasteiger partial charge in [-0.15, -0.1) is 0 Å². The van der Waals surface area contributed by atoms with Gasteiger partial charge in [-0.05, 0) is 24.0 Å². The summed E-state index contributed by atoms with van der Waals surface area (Å²) in [5, 5.41) is 0. The van der Waals surface area contributed by atoms with Gasteiger partial charge in [0.15, 0.2) is 0 Å². The highest BCUT2D eigenvalue weighted by atomic mass is 15.1. The van der Waals surface area contributed by atoms with E-state index in [1.54, 1.807) is 0 Å². The van der Waals surface area contributed by atoms with Crippen LogP contribution in [0.1, 0.15) is 25.3 Å². The van der Waals surface area contributed by atoms with E-state index < -0.39 is 0 Å². The van der Waals surface area contributed by atoms with Crippen molar-refractivity contribution in [2.75, 3.05) is 19.6 Å². The van der Waals surface area contributed by atoms with Crippen LogP contribution in [0.15, 0.2) is 36.4 Å². The van der Waals surface area contributed by atoms with Gasteiger partial charge in [0.05, 0.1) is 0 Å². The zero-order valence-electron chi connectivity index (χ0n) is 10.0. The summed E-state index contributed by atoms with van der Waals surface area (Å²) in [5.74, 6) is 0. The second-order valence-corrected chi connectivity index (χ2v) is 4.30. The smallest absolute Gasteiger partial charge is 0.0169 e. The number of hydrogen-bond donors (Lipinski definition) is 0. The third kappa shape index (κ3) is 2.96. The van der Waals surface area contributed by atoms with Gasteiger partial charge in [-0.2, -0.15) is 0 Å². The van der Waals surface area contributed by atoms with Gasteiger partial charge < -0.3 is 0 Å². The van der Waals surface area contributed by atoms with E-state index in [1.165, 1.54) is 30.5 Å². The van der Waals surface area contributed by atoms with Gasteiger partial charge in [0, 0.05) is 19.6 Å². The number of rotatable bonds is 4. The van der Waals surface area contributed by atoms with Gasteiger partial charge in [-0.25, -0.2) is 0 Å². The maximum absolute atomic E-state index is 2.50. The second-order valence-electron chi connectivity index (χ2n) is 4.30. The molecule has 1 aliphatic rings. The van der Waals surface area contributed by atoms with E-state index in [1.807, 2.05) is 0 Å². The molecule has 0 bridgehead atoms. The Hall–Kier alpha value is -1.08. The topological polar surface area (TPSA) is 3.24 Å². The molecular formula is C15H20N. The van der Waals surface area contributed by atoms with Crippen molar-refractivity contribution >= 4 is 5.57 Å². The first-order valence-corrected chi connectivity index (χ1v) is 6.18. The quantitative estimate of drug-likeness (QED) is 0.742. The zero-order valence-corrected chi connectivity index (χ0v) is 10.0. The number of unbranched alkanes of at least 4 members (excludes halogenated alkanes) is 1. The molecule has 1 heteroatoms. The Morgan fingerprint density at radius 3 is 2.69 bits per heavy atom. The van der Waals surface area contributed by atoms with E-state index >= 15 is 0 Å². The van der Waals surface area contributed by atoms with Crippen molar-refractivity contribution in [3.05, 3.63) is 48.4 Å². The first-order valence-electron chi connectivity index (χ1n) is 6.18. The average molecular weight is 214 g/mol. The molecule has 1 nitrogen and oxygen atoms in total. The molecule has 0 saturated heterocycles. The molecule has 0 unspecified atom stereocenters. The van der Waals surface area contributed by atoms with Crippen molar-refractivity contribution in [1.82, 2.24) is 4.90 Å². The fourth-order valence-corrected chi connectivity index (χ4v) is 2.10. The highest BCUT2D eigenvalue weighted by molar-refractivity contribution is 5.66. The van der Waals surface area contributed by atoms with Gasteiger partial charge in [0.25, 0.3) is 0 Å². The average Bonchev–Trinajstić information content (AvgIpc) is 2.38. The SMILES string of the molecule is CC[CH]CN1CC=C(c2ccccc2)CC1. The first kappa shape index (κ1) is 11.4. The lowest BCUT2D eigenvalue weighted by Gasteiger charge is -2.26. The molecule has 1 heterocycles. The molecule has 16 heavy (non-hydrogen) atoms. The van der Waals surface area contributed by atoms with Crippen LogP contribution in [0.5, 0.6) is 0 Å². The molecule has 0 fully saturated rings. The van der Waals surface area contributed by atoms with Crippen LogP contribution in [0.4, 0.5) is 0 Å². The van der Waals surface area contributed by atoms with E-state index in [0.29, 0.717) is 0 Å². The van der Waals surface area contributed by atoms with Crippen LogP contribution in [0, 0.1) is 6.42 Å². The zero-order chi connectivity index (χ0) is 11.2. The molecule has 0 spiro atoms. The van der Waals surface area contributed by atoms with E-state index in [9.17, 15) is 0 Å². The Morgan fingerprint density at radius 2 is 2.06 bits per heavy atom. The van der Waals surface area contributed by atoms with Crippen LogP contribution in [0.2, 0.25) is 0 Å². The number of benzene rings is 1. The summed E-state index contributed by atoms with van der Waals surface area (Å²) >= 11 is 0. The molecule has 0 aliphatic carbocycles. The van der Waals surface area contributed by atoms with Crippen LogP contribution in [0.3, 0.4) is 0 Å². The molecule has 85 valence electrons. The molecule has 1 aliphatic heterocycles. The molecule has 0 atom stereocenters. The third-order valence-electron chi connectivity index (χ3n) is 3.11.